The van der Waals surface area contributed by atoms with Crippen LogP contribution in [0.4, 0.5) is 0 Å². The van der Waals surface area contributed by atoms with Crippen LogP contribution in [0.2, 0.25) is 0 Å². The molecule has 0 radical (unpaired) electrons. The Morgan fingerprint density at radius 3 is 2.37 bits per heavy atom. The van der Waals surface area contributed by atoms with Crippen LogP contribution in [0.25, 0.3) is 0 Å². The molecule has 0 heterocycles. The summed E-state index contributed by atoms with van der Waals surface area (Å²) in [7, 11) is 0. The van der Waals surface area contributed by atoms with Gasteiger partial charge in [0, 0.05) is 11.1 Å². The maximum Gasteiger partial charge on any atom is 0.0612 e. The van der Waals surface area contributed by atoms with Gasteiger partial charge in [-0.25, -0.2) is 0 Å². The first-order chi connectivity index (χ1) is 9.40. The van der Waals surface area contributed by atoms with Crippen molar-refractivity contribution in [2.45, 2.75) is 6.42 Å². The van der Waals surface area contributed by atoms with Crippen molar-refractivity contribution in [3.63, 3.8) is 0 Å². The molecule has 0 unspecified atom stereocenters. The molecule has 0 saturated heterocycles. The monoisotopic (exact) mass is 248 g/mol. The third-order valence-corrected chi connectivity index (χ3v) is 2.74. The van der Waals surface area contributed by atoms with Crippen LogP contribution in [0, 0.1) is 11.8 Å². The summed E-state index contributed by atoms with van der Waals surface area (Å²) in [5.41, 5.74) is 3.23. The Hall–Kier alpha value is -2.30. The quantitative estimate of drug-likeness (QED) is 0.653. The minimum Gasteiger partial charge on any atom is -0.392 e. The van der Waals surface area contributed by atoms with Gasteiger partial charge in [0.05, 0.1) is 6.61 Å². The lowest BCUT2D eigenvalue weighted by molar-refractivity contribution is 0.342. The smallest absolute Gasteiger partial charge is 0.0612 e. The topological polar surface area (TPSA) is 20.2 Å². The van der Waals surface area contributed by atoms with Gasteiger partial charge in [-0.15, -0.1) is 0 Å². The van der Waals surface area contributed by atoms with Crippen LogP contribution in [-0.4, -0.2) is 11.7 Å². The van der Waals surface area contributed by atoms with Crippen LogP contribution in [0.1, 0.15) is 16.7 Å². The highest BCUT2D eigenvalue weighted by Crippen LogP contribution is 2.09. The minimum absolute atomic E-state index is 0.0812. The van der Waals surface area contributed by atoms with E-state index in [1.807, 2.05) is 54.6 Å². The average Bonchev–Trinajstić information content (AvgIpc) is 2.48. The Morgan fingerprint density at radius 2 is 1.58 bits per heavy atom. The summed E-state index contributed by atoms with van der Waals surface area (Å²) in [4.78, 5) is 0. The second kappa shape index (κ2) is 7.20. The van der Waals surface area contributed by atoms with E-state index >= 15 is 0 Å². The highest BCUT2D eigenvalue weighted by atomic mass is 16.2. The van der Waals surface area contributed by atoms with Gasteiger partial charge in [-0.3, -0.25) is 0 Å². The fourth-order valence-electron chi connectivity index (χ4n) is 1.77. The zero-order valence-corrected chi connectivity index (χ0v) is 10.7. The number of rotatable bonds is 3. The lowest BCUT2D eigenvalue weighted by Gasteiger charge is -2.00. The highest BCUT2D eigenvalue weighted by molar-refractivity contribution is 5.46. The molecule has 1 heteroatoms. The van der Waals surface area contributed by atoms with Crippen LogP contribution in [-0.2, 0) is 6.42 Å². The Morgan fingerprint density at radius 1 is 0.842 bits per heavy atom. The Labute approximate surface area is 114 Å². The molecule has 0 spiro atoms. The van der Waals surface area contributed by atoms with E-state index in [4.69, 9.17) is 5.11 Å². The van der Waals surface area contributed by atoms with Gasteiger partial charge < -0.3 is 5.11 Å². The average molecular weight is 248 g/mol. The molecule has 2 rings (SSSR count). The summed E-state index contributed by atoms with van der Waals surface area (Å²) in [6.07, 6.45) is 4.50. The molecule has 0 bridgehead atoms. The fraction of sp³-hybridized carbons (Fsp3) is 0.111. The fourth-order valence-corrected chi connectivity index (χ4v) is 1.77. The van der Waals surface area contributed by atoms with Gasteiger partial charge in [0.2, 0.25) is 0 Å². The van der Waals surface area contributed by atoms with Crippen molar-refractivity contribution in [1.29, 1.82) is 0 Å². The summed E-state index contributed by atoms with van der Waals surface area (Å²) in [5.74, 6) is 6.38. The van der Waals surface area contributed by atoms with Gasteiger partial charge in [0.1, 0.15) is 0 Å². The first-order valence-electron chi connectivity index (χ1n) is 6.31. The van der Waals surface area contributed by atoms with Crippen molar-refractivity contribution in [3.05, 3.63) is 83.4 Å². The molecule has 1 nitrogen and oxygen atoms in total. The van der Waals surface area contributed by atoms with Crippen LogP contribution in [0.15, 0.2) is 66.7 Å². The Kier molecular flexibility index (Phi) is 4.98. The number of aliphatic hydroxyl groups excluding tert-OH is 1. The van der Waals surface area contributed by atoms with Crippen LogP contribution in [0.3, 0.4) is 0 Å². The molecule has 0 aliphatic heterocycles. The maximum atomic E-state index is 8.75. The Balaban J connectivity index is 2.21. The largest absolute Gasteiger partial charge is 0.392 e. The Bertz CT molecular complexity index is 600. The molecule has 0 atom stereocenters. The van der Waals surface area contributed by atoms with E-state index in [0.717, 1.165) is 17.5 Å². The number of allylic oxidation sites excluding steroid dienone is 1. The zero-order valence-electron chi connectivity index (χ0n) is 10.7. The van der Waals surface area contributed by atoms with E-state index in [1.165, 1.54) is 5.56 Å². The van der Waals surface area contributed by atoms with Crippen molar-refractivity contribution in [1.82, 2.24) is 0 Å². The summed E-state index contributed by atoms with van der Waals surface area (Å²) >= 11 is 0. The second-order valence-corrected chi connectivity index (χ2v) is 4.13. The van der Waals surface area contributed by atoms with E-state index < -0.39 is 0 Å². The third kappa shape index (κ3) is 4.13. The number of hydrogen-bond donors (Lipinski definition) is 1. The molecule has 2 aromatic carbocycles. The van der Waals surface area contributed by atoms with Crippen molar-refractivity contribution in [3.8, 4) is 11.8 Å². The van der Waals surface area contributed by atoms with Crippen molar-refractivity contribution >= 4 is 0 Å². The summed E-state index contributed by atoms with van der Waals surface area (Å²) in [6.45, 7) is 0.0812. The first-order valence-corrected chi connectivity index (χ1v) is 6.31. The van der Waals surface area contributed by atoms with E-state index in [0.29, 0.717) is 0 Å². The van der Waals surface area contributed by atoms with E-state index in [1.54, 1.807) is 6.08 Å². The SMILES string of the molecule is OC/C=C/Cc1ccccc1C#Cc1ccccc1. The lowest BCUT2D eigenvalue weighted by atomic mass is 10.0. The third-order valence-electron chi connectivity index (χ3n) is 2.74. The van der Waals surface area contributed by atoms with Crippen LogP contribution < -0.4 is 0 Å². The molecule has 2 aromatic rings. The maximum absolute atomic E-state index is 8.75. The molecule has 0 saturated carbocycles. The van der Waals surface area contributed by atoms with Crippen molar-refractivity contribution in [2.75, 3.05) is 6.61 Å². The molecule has 0 aliphatic rings. The van der Waals surface area contributed by atoms with Crippen LogP contribution in [0.5, 0.6) is 0 Å². The first kappa shape index (κ1) is 13.1. The van der Waals surface area contributed by atoms with Gasteiger partial charge in [-0.2, -0.15) is 0 Å². The van der Waals surface area contributed by atoms with Crippen molar-refractivity contribution in [2.24, 2.45) is 0 Å². The standard InChI is InChI=1S/C18H16O/c19-15-7-6-12-17-10-4-5-11-18(17)14-13-16-8-2-1-3-9-16/h1-11,19H,12,15H2/b7-6+. The summed E-state index contributed by atoms with van der Waals surface area (Å²) < 4.78 is 0. The number of hydrogen-bond acceptors (Lipinski definition) is 1. The zero-order chi connectivity index (χ0) is 13.3. The predicted molar refractivity (Wildman–Crippen MR) is 78.8 cm³/mol. The molecule has 0 amide bonds. The molecule has 1 N–H and O–H groups in total. The number of aliphatic hydroxyl groups is 1. The van der Waals surface area contributed by atoms with E-state index in [2.05, 4.69) is 17.9 Å². The minimum atomic E-state index is 0.0812. The van der Waals surface area contributed by atoms with Gasteiger partial charge >= 0.3 is 0 Å². The van der Waals surface area contributed by atoms with Crippen LogP contribution >= 0.6 is 0 Å². The summed E-state index contributed by atoms with van der Waals surface area (Å²) in [6, 6.07) is 18.1. The van der Waals surface area contributed by atoms with E-state index in [9.17, 15) is 0 Å². The second-order valence-electron chi connectivity index (χ2n) is 4.13. The lowest BCUT2D eigenvalue weighted by Crippen LogP contribution is -1.88. The molecular formula is C18H16O. The number of benzene rings is 2. The van der Waals surface area contributed by atoms with Crippen molar-refractivity contribution < 1.29 is 5.11 Å². The molecule has 0 aromatic heterocycles. The summed E-state index contributed by atoms with van der Waals surface area (Å²) in [5, 5.41) is 8.75. The molecule has 94 valence electrons. The van der Waals surface area contributed by atoms with E-state index in [-0.39, 0.29) is 6.61 Å². The van der Waals surface area contributed by atoms with Gasteiger partial charge in [-0.1, -0.05) is 60.4 Å². The molecular weight excluding hydrogens is 232 g/mol. The molecule has 19 heavy (non-hydrogen) atoms. The normalized spacial score (nSPS) is 10.2. The predicted octanol–water partition coefficient (Wildman–Crippen LogP) is 3.18. The van der Waals surface area contributed by atoms with Gasteiger partial charge in [-0.05, 0) is 30.2 Å². The molecule has 0 aliphatic carbocycles. The molecule has 0 fully saturated rings. The van der Waals surface area contributed by atoms with Gasteiger partial charge in [0.15, 0.2) is 0 Å². The highest BCUT2D eigenvalue weighted by Gasteiger charge is 1.96. The van der Waals surface area contributed by atoms with Gasteiger partial charge in [0.25, 0.3) is 0 Å².